The molecule has 93 heavy (non-hydrogen) atoms. The highest BCUT2D eigenvalue weighted by Gasteiger charge is 2.56. The molecule has 29 heteroatoms. The van der Waals surface area contributed by atoms with Crippen LogP contribution in [-0.4, -0.2) is 151 Å². The van der Waals surface area contributed by atoms with E-state index in [-0.39, 0.29) is 171 Å². The van der Waals surface area contributed by atoms with Crippen molar-refractivity contribution < 1.29 is 58.8 Å². The number of nitriles is 2. The predicted octanol–water partition coefficient (Wildman–Crippen LogP) is 13.7. The first-order chi connectivity index (χ1) is 44.8. The van der Waals surface area contributed by atoms with E-state index in [2.05, 4.69) is 26.3 Å². The van der Waals surface area contributed by atoms with Gasteiger partial charge in [-0.15, -0.1) is 22.7 Å². The molecule has 7 atom stereocenters. The van der Waals surface area contributed by atoms with Crippen molar-refractivity contribution in [1.29, 1.82) is 10.5 Å². The summed E-state index contributed by atoms with van der Waals surface area (Å²) in [6.07, 6.45) is -2.35. The van der Waals surface area contributed by atoms with Crippen molar-refractivity contribution in [2.75, 3.05) is 94.2 Å². The van der Waals surface area contributed by atoms with Gasteiger partial charge in [-0.3, -0.25) is 9.80 Å². The molecule has 4 aromatic heterocycles. The van der Waals surface area contributed by atoms with Crippen molar-refractivity contribution in [3.05, 3.63) is 68.7 Å². The SMILES string of the molecule is COCC1CCN(CC(F)F)c2nc(OC[C@@]34CCCN3C(Nc3sc5c(F)ccc(-c6c(Cl)c7c8c(nc(OC[C@@]9%10CCCN9C[C@H](F)C%10)nc8c6F)N(C)[C@H](C6CC6)CCO7)c5c3C#N)[C@H](F)C4)nc3c(F)c(-c4ccc(F)c5sc(N)c(C#N)c45)c(Cl)c(c23)O1. The Morgan fingerprint density at radius 2 is 1.40 bits per heavy atom. The van der Waals surface area contributed by atoms with Crippen molar-refractivity contribution in [3.63, 3.8) is 0 Å². The number of aromatic nitrogens is 4. The largest absolute Gasteiger partial charge is 0.491 e. The normalized spacial score (nSPS) is 24.7. The number of methoxy groups -OCH3 is 1. The molecule has 10 heterocycles. The molecule has 8 aromatic rings. The van der Waals surface area contributed by atoms with Crippen LogP contribution < -0.4 is 39.8 Å². The second-order valence-corrected chi connectivity index (χ2v) is 28.0. The van der Waals surface area contributed by atoms with Crippen LogP contribution in [-0.2, 0) is 4.74 Å². The van der Waals surface area contributed by atoms with Gasteiger partial charge < -0.3 is 44.5 Å². The quantitative estimate of drug-likeness (QED) is 0.0919. The van der Waals surface area contributed by atoms with E-state index in [9.17, 15) is 23.7 Å². The molecule has 2 unspecified atom stereocenters. The first-order valence-corrected chi connectivity index (χ1v) is 33.1. The molecule has 486 valence electrons. The maximum Gasteiger partial charge on any atom is 0.319 e. The van der Waals surface area contributed by atoms with Gasteiger partial charge in [0, 0.05) is 87.4 Å². The summed E-state index contributed by atoms with van der Waals surface area (Å²) >= 11 is 16.1. The maximum atomic E-state index is 18.2. The van der Waals surface area contributed by atoms with Crippen LogP contribution in [0.25, 0.3) is 64.2 Å². The van der Waals surface area contributed by atoms with Gasteiger partial charge in [0.15, 0.2) is 23.1 Å². The summed E-state index contributed by atoms with van der Waals surface area (Å²) in [5.74, 6) is -3.19. The highest BCUT2D eigenvalue weighted by molar-refractivity contribution is 7.23. The summed E-state index contributed by atoms with van der Waals surface area (Å²) < 4.78 is 161. The molecule has 5 fully saturated rings. The number of nitrogens with one attached hydrogen (secondary N) is 1. The minimum Gasteiger partial charge on any atom is -0.491 e. The minimum absolute atomic E-state index is 0.00946. The van der Waals surface area contributed by atoms with E-state index in [1.807, 2.05) is 22.9 Å². The molecular weight excluding hydrogens is 1300 g/mol. The van der Waals surface area contributed by atoms with Crippen LogP contribution in [0.3, 0.4) is 0 Å². The maximum absolute atomic E-state index is 18.2. The van der Waals surface area contributed by atoms with E-state index < -0.39 is 83.5 Å². The first kappa shape index (κ1) is 61.9. The third kappa shape index (κ3) is 10.1. The molecular formula is C64H58Cl2F8N12O5S2. The number of hydrogen-bond acceptors (Lipinski definition) is 19. The van der Waals surface area contributed by atoms with Gasteiger partial charge in [0.2, 0.25) is 0 Å². The smallest absolute Gasteiger partial charge is 0.319 e. The van der Waals surface area contributed by atoms with Crippen molar-refractivity contribution in [2.24, 2.45) is 5.92 Å². The van der Waals surface area contributed by atoms with Gasteiger partial charge in [-0.25, -0.2) is 35.1 Å². The van der Waals surface area contributed by atoms with Crippen LogP contribution in [0.1, 0.15) is 75.3 Å². The topological polar surface area (TPSA) is 196 Å². The van der Waals surface area contributed by atoms with Crippen LogP contribution >= 0.6 is 45.9 Å². The summed E-state index contributed by atoms with van der Waals surface area (Å²) in [6.45, 7) is 0.263. The van der Waals surface area contributed by atoms with Gasteiger partial charge >= 0.3 is 12.0 Å². The fourth-order valence-corrected chi connectivity index (χ4v) is 18.2. The Kier molecular flexibility index (Phi) is 15.7. The summed E-state index contributed by atoms with van der Waals surface area (Å²) in [6, 6.07) is 8.31. The lowest BCUT2D eigenvalue weighted by Gasteiger charge is -2.35. The molecule has 6 aliphatic heterocycles. The van der Waals surface area contributed by atoms with Crippen LogP contribution in [0.15, 0.2) is 24.3 Å². The predicted molar refractivity (Wildman–Crippen MR) is 338 cm³/mol. The number of benzene rings is 4. The van der Waals surface area contributed by atoms with E-state index >= 15 is 22.0 Å². The number of rotatable bonds is 15. The van der Waals surface area contributed by atoms with Crippen molar-refractivity contribution in [1.82, 2.24) is 29.7 Å². The summed E-state index contributed by atoms with van der Waals surface area (Å²) in [4.78, 5) is 25.9. The third-order valence-corrected chi connectivity index (χ3v) is 22.7. The number of nitrogens with zero attached hydrogens (tertiary/aromatic N) is 10. The van der Waals surface area contributed by atoms with E-state index in [4.69, 9.17) is 62.6 Å². The molecule has 15 rings (SSSR count). The second-order valence-electron chi connectivity index (χ2n) is 25.2. The standard InChI is InChI=1S/C64H58Cl2F8N12O5S2/c1-83-38(28-5-6-28)12-18-88-52-44-50(78-61(81-58(44)83)89-26-63-13-3-15-85(63)23-29(67)19-63)48(73)42(46(52)65)32-8-10-36(69)55-41(32)34(22-76)60(93-55)80-57-37(70)20-64(14-4-16-86(57)64)27-90-62-79-51-45-53(91-30(25-87-2)11-17-84(24-39(71)72)59(45)82-62)47(66)43(49(51)74)31-7-9-35(68)54-40(31)33(21-75)56(77)92-54/h7-10,28-30,37-39,57,80H,3-6,11-20,23-27,77H2,1-2H3/t29-,30?,37-,38+,57?,63+,64+/m1/s1. The van der Waals surface area contributed by atoms with E-state index in [1.54, 1.807) is 0 Å². The van der Waals surface area contributed by atoms with Crippen LogP contribution in [0.4, 0.5) is 56.8 Å². The van der Waals surface area contributed by atoms with Crippen molar-refractivity contribution in [3.8, 4) is 57.9 Å². The zero-order valence-corrected chi connectivity index (χ0v) is 53.1. The number of alkyl halides is 4. The lowest BCUT2D eigenvalue weighted by atomic mass is 9.95. The second kappa shape index (κ2) is 23.6. The lowest BCUT2D eigenvalue weighted by molar-refractivity contribution is 0.0760. The number of anilines is 4. The third-order valence-electron chi connectivity index (χ3n) is 19.8. The molecule has 0 amide bonds. The average Bonchev–Trinajstić information content (AvgIpc) is 1.24. The number of thiophene rings is 2. The highest BCUT2D eigenvalue weighted by Crippen LogP contribution is 2.56. The van der Waals surface area contributed by atoms with Crippen molar-refractivity contribution in [2.45, 2.75) is 112 Å². The fraction of sp³-hybridized carbons (Fsp3) is 0.469. The monoisotopic (exact) mass is 1360 g/mol. The summed E-state index contributed by atoms with van der Waals surface area (Å²) in [7, 11) is 3.30. The Morgan fingerprint density at radius 1 is 0.774 bits per heavy atom. The number of hydrogen-bond donors (Lipinski definition) is 2. The highest BCUT2D eigenvalue weighted by atomic mass is 35.5. The van der Waals surface area contributed by atoms with Crippen LogP contribution in [0, 0.1) is 51.8 Å². The van der Waals surface area contributed by atoms with Gasteiger partial charge in [0.25, 0.3) is 6.43 Å². The van der Waals surface area contributed by atoms with Gasteiger partial charge in [-0.1, -0.05) is 35.3 Å². The number of nitrogen functional groups attached to an aromatic ring is 1. The summed E-state index contributed by atoms with van der Waals surface area (Å²) in [5, 5.41) is 24.0. The zero-order chi connectivity index (χ0) is 64.7. The van der Waals surface area contributed by atoms with E-state index in [0.29, 0.717) is 50.5 Å². The van der Waals surface area contributed by atoms with Crippen LogP contribution in [0.5, 0.6) is 23.5 Å². The van der Waals surface area contributed by atoms with Gasteiger partial charge in [-0.2, -0.15) is 30.5 Å². The molecule has 0 bridgehead atoms. The Bertz CT molecular complexity index is 4500. The molecule has 7 aliphatic rings. The van der Waals surface area contributed by atoms with Gasteiger partial charge in [0.1, 0.15) is 94.3 Å². The summed E-state index contributed by atoms with van der Waals surface area (Å²) in [5.41, 5.74) is 2.93. The number of ether oxygens (including phenoxy) is 5. The Morgan fingerprint density at radius 3 is 2.06 bits per heavy atom. The fourth-order valence-electron chi connectivity index (χ4n) is 15.5. The lowest BCUT2D eigenvalue weighted by Crippen LogP contribution is -2.49. The average molecular weight is 1360 g/mol. The Labute approximate surface area is 544 Å². The Balaban J connectivity index is 0.790. The molecule has 4 aromatic carbocycles. The number of nitrogens with two attached hydrogens (primary N) is 1. The van der Waals surface area contributed by atoms with E-state index in [1.165, 1.54) is 24.1 Å². The Hall–Kier alpha value is -7.24. The number of fused-ring (bicyclic) bond motifs is 4. The molecule has 1 aliphatic carbocycles. The molecule has 4 saturated heterocycles. The van der Waals surface area contributed by atoms with Crippen molar-refractivity contribution >= 4 is 109 Å². The zero-order valence-electron chi connectivity index (χ0n) is 50.0. The van der Waals surface area contributed by atoms with Gasteiger partial charge in [-0.05, 0) is 74.2 Å². The number of halogens is 10. The molecule has 3 N–H and O–H groups in total. The van der Waals surface area contributed by atoms with E-state index in [0.717, 1.165) is 60.6 Å². The molecule has 0 spiro atoms. The molecule has 0 radical (unpaired) electrons. The molecule has 17 nitrogen and oxygen atoms in total. The van der Waals surface area contributed by atoms with Gasteiger partial charge in [0.05, 0.1) is 72.2 Å². The van der Waals surface area contributed by atoms with Crippen LogP contribution in [0.2, 0.25) is 10.0 Å². The molecule has 1 saturated carbocycles. The first-order valence-electron chi connectivity index (χ1n) is 30.7. The minimum atomic E-state index is -2.92.